The van der Waals surface area contributed by atoms with E-state index in [-0.39, 0.29) is 6.04 Å². The van der Waals surface area contributed by atoms with E-state index in [4.69, 9.17) is 15.5 Å². The van der Waals surface area contributed by atoms with Gasteiger partial charge in [-0.15, -0.1) is 0 Å². The number of hydrogen-bond acceptors (Lipinski definition) is 3. The third kappa shape index (κ3) is 2.35. The Labute approximate surface area is 61.5 Å². The van der Waals surface area contributed by atoms with Gasteiger partial charge in [-0.3, -0.25) is 0 Å². The van der Waals surface area contributed by atoms with E-state index in [1.54, 1.807) is 0 Å². The van der Waals surface area contributed by atoms with Crippen LogP contribution in [-0.4, -0.2) is 15.8 Å². The van der Waals surface area contributed by atoms with E-state index >= 15 is 0 Å². The van der Waals surface area contributed by atoms with Crippen molar-refractivity contribution in [1.82, 2.24) is 0 Å². The van der Waals surface area contributed by atoms with E-state index < -0.39 is 8.38 Å². The minimum Gasteiger partial charge on any atom is -0.347 e. The molecule has 58 valence electrons. The summed E-state index contributed by atoms with van der Waals surface area (Å²) >= 11 is 0. The molecule has 1 fully saturated rings. The summed E-state index contributed by atoms with van der Waals surface area (Å²) in [4.78, 5) is 17.2. The van der Waals surface area contributed by atoms with Gasteiger partial charge in [-0.2, -0.15) is 0 Å². The van der Waals surface area contributed by atoms with Gasteiger partial charge in [0.25, 0.3) is 0 Å². The Balaban J connectivity index is 2.43. The Bertz CT molecular complexity index is 147. The molecule has 4 heteroatoms. The lowest BCUT2D eigenvalue weighted by Crippen LogP contribution is -2.13. The fraction of sp³-hybridized carbons (Fsp3) is 0.667. The highest BCUT2D eigenvalue weighted by Crippen LogP contribution is 2.33. The summed E-state index contributed by atoms with van der Waals surface area (Å²) in [6.45, 7) is 0. The van der Waals surface area contributed by atoms with E-state index in [0.29, 0.717) is 0 Å². The van der Waals surface area contributed by atoms with E-state index in [2.05, 4.69) is 0 Å². The zero-order chi connectivity index (χ0) is 7.56. The molecule has 0 saturated heterocycles. The molecule has 1 aliphatic rings. The second-order valence-electron chi connectivity index (χ2n) is 2.61. The van der Waals surface area contributed by atoms with Gasteiger partial charge in [-0.25, -0.2) is 0 Å². The molecule has 0 unspecified atom stereocenters. The van der Waals surface area contributed by atoms with Gasteiger partial charge in [0.1, 0.15) is 0 Å². The van der Waals surface area contributed by atoms with Crippen molar-refractivity contribution in [3.8, 4) is 0 Å². The average molecular weight is 161 g/mol. The molecule has 0 aromatic carbocycles. The first-order valence-corrected chi connectivity index (χ1v) is 4.62. The maximum Gasteiger partial charge on any atom is 0.191 e. The van der Waals surface area contributed by atoms with Crippen molar-refractivity contribution in [2.45, 2.75) is 25.3 Å². The van der Waals surface area contributed by atoms with Crippen molar-refractivity contribution in [3.63, 3.8) is 0 Å². The highest BCUT2D eigenvalue weighted by Gasteiger charge is 2.15. The second kappa shape index (κ2) is 3.44. The molecule has 0 aliphatic heterocycles. The Hall–Kier alpha value is 0.0500. The van der Waals surface area contributed by atoms with E-state index in [1.807, 2.05) is 0 Å². The predicted molar refractivity (Wildman–Crippen MR) is 41.3 cm³/mol. The minimum atomic E-state index is -1.85. The number of rotatable bonds is 1. The lowest BCUT2D eigenvalue weighted by molar-refractivity contribution is 0.495. The molecule has 0 aromatic rings. The average Bonchev–Trinajstić information content (AvgIpc) is 2.13. The zero-order valence-corrected chi connectivity index (χ0v) is 6.59. The first kappa shape index (κ1) is 8.15. The summed E-state index contributed by atoms with van der Waals surface area (Å²) in [5.41, 5.74) is 6.70. The van der Waals surface area contributed by atoms with Crippen LogP contribution in [0.25, 0.3) is 0 Å². The SMILES string of the molecule is N[C@H]1CCC(=CP(O)O)C1. The van der Waals surface area contributed by atoms with Crippen LogP contribution in [0.2, 0.25) is 0 Å². The van der Waals surface area contributed by atoms with E-state index in [0.717, 1.165) is 24.8 Å². The molecule has 0 aromatic heterocycles. The van der Waals surface area contributed by atoms with Crippen LogP contribution >= 0.6 is 8.38 Å². The molecule has 0 radical (unpaired) electrons. The molecule has 0 amide bonds. The molecule has 3 nitrogen and oxygen atoms in total. The van der Waals surface area contributed by atoms with Crippen molar-refractivity contribution in [1.29, 1.82) is 0 Å². The summed E-state index contributed by atoms with van der Waals surface area (Å²) in [6.07, 6.45) is 2.75. The molecule has 0 heterocycles. The molecule has 1 atom stereocenters. The van der Waals surface area contributed by atoms with Crippen LogP contribution in [-0.2, 0) is 0 Å². The van der Waals surface area contributed by atoms with Crippen molar-refractivity contribution in [2.75, 3.05) is 0 Å². The summed E-state index contributed by atoms with van der Waals surface area (Å²) < 4.78 is 0. The highest BCUT2D eigenvalue weighted by molar-refractivity contribution is 7.48. The Morgan fingerprint density at radius 3 is 2.70 bits per heavy atom. The van der Waals surface area contributed by atoms with Crippen molar-refractivity contribution >= 4 is 8.38 Å². The Kier molecular flexibility index (Phi) is 2.81. The third-order valence-electron chi connectivity index (χ3n) is 1.66. The molecule has 10 heavy (non-hydrogen) atoms. The molecule has 4 N–H and O–H groups in total. The maximum absolute atomic E-state index is 8.60. The summed E-state index contributed by atoms with van der Waals surface area (Å²) in [5.74, 6) is 1.53. The molecular weight excluding hydrogens is 149 g/mol. The summed E-state index contributed by atoms with van der Waals surface area (Å²) in [7, 11) is -1.85. The van der Waals surface area contributed by atoms with Crippen LogP contribution in [0.5, 0.6) is 0 Å². The van der Waals surface area contributed by atoms with Crippen LogP contribution in [0.15, 0.2) is 11.4 Å². The summed E-state index contributed by atoms with van der Waals surface area (Å²) in [6, 6.07) is 0.237. The molecule has 0 bridgehead atoms. The van der Waals surface area contributed by atoms with Gasteiger partial charge in [0.05, 0.1) is 0 Å². The molecule has 1 aliphatic carbocycles. The van der Waals surface area contributed by atoms with Crippen LogP contribution in [0.1, 0.15) is 19.3 Å². The standard InChI is InChI=1S/C6H12NO2P/c7-6-2-1-5(3-6)4-10(8)9/h4,6,8-9H,1-3,7H2/t6-/m0/s1. The Morgan fingerprint density at radius 1 is 1.60 bits per heavy atom. The van der Waals surface area contributed by atoms with Crippen molar-refractivity contribution < 1.29 is 9.79 Å². The van der Waals surface area contributed by atoms with Gasteiger partial charge in [0, 0.05) is 6.04 Å². The third-order valence-corrected chi connectivity index (χ3v) is 2.25. The lowest BCUT2D eigenvalue weighted by atomic mass is 10.2. The van der Waals surface area contributed by atoms with Gasteiger partial charge < -0.3 is 15.5 Å². The first-order chi connectivity index (χ1) is 4.68. The first-order valence-electron chi connectivity index (χ1n) is 3.30. The fourth-order valence-electron chi connectivity index (χ4n) is 1.19. The molecule has 0 spiro atoms. The molecule has 1 rings (SSSR count). The number of nitrogens with two attached hydrogens (primary N) is 1. The maximum atomic E-state index is 8.60. The van der Waals surface area contributed by atoms with E-state index in [9.17, 15) is 0 Å². The summed E-state index contributed by atoms with van der Waals surface area (Å²) in [5, 5.41) is 0. The highest BCUT2D eigenvalue weighted by atomic mass is 31.2. The number of hydrogen-bond donors (Lipinski definition) is 3. The van der Waals surface area contributed by atoms with Crippen LogP contribution < -0.4 is 5.73 Å². The van der Waals surface area contributed by atoms with Gasteiger partial charge in [0.2, 0.25) is 0 Å². The molecule has 1 saturated carbocycles. The monoisotopic (exact) mass is 161 g/mol. The van der Waals surface area contributed by atoms with Gasteiger partial charge in [-0.05, 0) is 25.1 Å². The van der Waals surface area contributed by atoms with Crippen molar-refractivity contribution in [3.05, 3.63) is 11.4 Å². The van der Waals surface area contributed by atoms with Gasteiger partial charge >= 0.3 is 0 Å². The second-order valence-corrected chi connectivity index (χ2v) is 3.51. The fourth-order valence-corrected chi connectivity index (χ4v) is 1.75. The largest absolute Gasteiger partial charge is 0.347 e. The van der Waals surface area contributed by atoms with Gasteiger partial charge in [0.15, 0.2) is 8.38 Å². The quantitative estimate of drug-likeness (QED) is 0.495. The normalized spacial score (nSPS) is 30.4. The van der Waals surface area contributed by atoms with Crippen molar-refractivity contribution in [2.24, 2.45) is 5.73 Å². The zero-order valence-electron chi connectivity index (χ0n) is 5.70. The van der Waals surface area contributed by atoms with Gasteiger partial charge in [-0.1, -0.05) is 5.57 Å². The van der Waals surface area contributed by atoms with Crippen LogP contribution in [0.4, 0.5) is 0 Å². The minimum absolute atomic E-state index is 0.237. The lowest BCUT2D eigenvalue weighted by Gasteiger charge is -1.97. The van der Waals surface area contributed by atoms with E-state index in [1.165, 1.54) is 5.82 Å². The van der Waals surface area contributed by atoms with Crippen LogP contribution in [0.3, 0.4) is 0 Å². The predicted octanol–water partition coefficient (Wildman–Crippen LogP) is 0.678. The Morgan fingerprint density at radius 2 is 2.30 bits per heavy atom. The molecular formula is C6H12NO2P. The topological polar surface area (TPSA) is 66.5 Å². The van der Waals surface area contributed by atoms with Crippen LogP contribution in [0, 0.1) is 0 Å². The smallest absolute Gasteiger partial charge is 0.191 e.